The second-order valence-electron chi connectivity index (χ2n) is 7.71. The quantitative estimate of drug-likeness (QED) is 0.226. The lowest BCUT2D eigenvalue weighted by atomic mass is 9.96. The van der Waals surface area contributed by atoms with Gasteiger partial charge in [0.1, 0.15) is 5.71 Å². The molecule has 3 rings (SSSR count). The van der Waals surface area contributed by atoms with Crippen molar-refractivity contribution in [2.45, 2.75) is 32.6 Å². The van der Waals surface area contributed by atoms with Crippen LogP contribution in [0.5, 0.6) is 0 Å². The van der Waals surface area contributed by atoms with Gasteiger partial charge in [-0.05, 0) is 49.8 Å². The van der Waals surface area contributed by atoms with E-state index in [1.165, 1.54) is 18.2 Å². The summed E-state index contributed by atoms with van der Waals surface area (Å²) in [6.45, 7) is 1.54. The van der Waals surface area contributed by atoms with Crippen molar-refractivity contribution in [2.75, 3.05) is 14.2 Å². The number of aliphatic hydroxyl groups excluding tert-OH is 1. The van der Waals surface area contributed by atoms with E-state index in [4.69, 9.17) is 5.41 Å². The summed E-state index contributed by atoms with van der Waals surface area (Å²) in [5.41, 5.74) is 6.62. The molecule has 2 aliphatic rings. The second kappa shape index (κ2) is 10.1. The highest BCUT2D eigenvalue weighted by molar-refractivity contribution is 6.46. The molecule has 1 amide bonds. The van der Waals surface area contributed by atoms with E-state index in [0.717, 1.165) is 24.8 Å². The van der Waals surface area contributed by atoms with Crippen LogP contribution >= 0.6 is 0 Å². The van der Waals surface area contributed by atoms with Gasteiger partial charge in [-0.15, -0.1) is 0 Å². The topological polar surface area (TPSA) is 124 Å². The minimum absolute atomic E-state index is 0.162. The number of rotatable bonds is 7. The van der Waals surface area contributed by atoms with Crippen molar-refractivity contribution in [2.24, 2.45) is 11.0 Å². The van der Waals surface area contributed by atoms with Gasteiger partial charge >= 0.3 is 5.97 Å². The molecule has 0 bridgehead atoms. The van der Waals surface area contributed by atoms with Crippen molar-refractivity contribution in [1.82, 2.24) is 10.7 Å². The number of aliphatic hydroxyl groups is 1. The molecule has 0 fully saturated rings. The molecule has 32 heavy (non-hydrogen) atoms. The summed E-state index contributed by atoms with van der Waals surface area (Å²) < 4.78 is 4.66. The Bertz CT molecular complexity index is 1070. The molecule has 1 unspecified atom stereocenters. The number of amides is 1. The molecule has 2 aliphatic carbocycles. The fraction of sp³-hybridized carbons (Fsp3) is 0.333. The van der Waals surface area contributed by atoms with E-state index in [-0.39, 0.29) is 23.1 Å². The van der Waals surface area contributed by atoms with Crippen molar-refractivity contribution in [3.63, 3.8) is 0 Å². The van der Waals surface area contributed by atoms with Gasteiger partial charge in [0, 0.05) is 12.6 Å². The Kier molecular flexibility index (Phi) is 7.25. The number of carbonyl (C=O) groups excluding carboxylic acids is 2. The number of hydrazone groups is 1. The lowest BCUT2D eigenvalue weighted by Crippen LogP contribution is -2.29. The fourth-order valence-corrected chi connectivity index (χ4v) is 3.78. The van der Waals surface area contributed by atoms with Crippen molar-refractivity contribution >= 4 is 29.0 Å². The lowest BCUT2D eigenvalue weighted by molar-refractivity contribution is -0.135. The molecule has 8 nitrogen and oxygen atoms in total. The van der Waals surface area contributed by atoms with Gasteiger partial charge in [-0.3, -0.25) is 10.2 Å². The minimum Gasteiger partial charge on any atom is -0.504 e. The van der Waals surface area contributed by atoms with Gasteiger partial charge in [0.05, 0.1) is 30.0 Å². The number of aryl methyl sites for hydroxylation is 2. The fourth-order valence-electron chi connectivity index (χ4n) is 3.78. The Balaban J connectivity index is 1.68. The normalized spacial score (nSPS) is 18.3. The molecule has 8 heteroatoms. The molecule has 0 spiro atoms. The van der Waals surface area contributed by atoms with E-state index in [0.29, 0.717) is 17.7 Å². The number of nitrogens with one attached hydrogen (secondary N) is 3. The first-order valence-corrected chi connectivity index (χ1v) is 10.5. The molecular weight excluding hydrogens is 408 g/mol. The van der Waals surface area contributed by atoms with Crippen LogP contribution in [0, 0.1) is 11.3 Å². The standard InChI is InChI=1S/C24H28N4O4/c1-14(27-28-23(30)16-8-10-17(11-9-16)24(31)32-3)20(25)22(29)21(26-2)19-12-7-15-5-4-6-18(15)13-19/h7-8,10-13,16,25-26,29H,4-6,9H2,1-3H3,(H,28,30)/b22-21+,25-20?,27-14+. The molecule has 1 atom stereocenters. The first kappa shape index (κ1) is 23.0. The predicted molar refractivity (Wildman–Crippen MR) is 123 cm³/mol. The third kappa shape index (κ3) is 4.96. The van der Waals surface area contributed by atoms with Crippen molar-refractivity contribution in [3.8, 4) is 0 Å². The highest BCUT2D eigenvalue weighted by atomic mass is 16.5. The number of fused-ring (bicyclic) bond motifs is 1. The van der Waals surface area contributed by atoms with Crippen LogP contribution in [0.3, 0.4) is 0 Å². The zero-order valence-electron chi connectivity index (χ0n) is 18.5. The number of nitrogens with zero attached hydrogens (tertiary/aromatic N) is 1. The number of allylic oxidation sites excluding steroid dienone is 2. The Morgan fingerprint density at radius 3 is 2.66 bits per heavy atom. The zero-order valence-corrected chi connectivity index (χ0v) is 18.5. The minimum atomic E-state index is -0.488. The van der Waals surface area contributed by atoms with Crippen molar-refractivity contribution in [1.29, 1.82) is 5.41 Å². The van der Waals surface area contributed by atoms with Gasteiger partial charge in [0.2, 0.25) is 5.91 Å². The van der Waals surface area contributed by atoms with Crippen LogP contribution in [0.4, 0.5) is 0 Å². The average molecular weight is 437 g/mol. The van der Waals surface area contributed by atoms with Gasteiger partial charge in [-0.25, -0.2) is 10.2 Å². The number of carbonyl (C=O) groups is 2. The smallest absolute Gasteiger partial charge is 0.337 e. The van der Waals surface area contributed by atoms with E-state index in [9.17, 15) is 14.7 Å². The summed E-state index contributed by atoms with van der Waals surface area (Å²) >= 11 is 0. The molecule has 0 aromatic heterocycles. The SMILES string of the molecule is CN/C(=C(/O)C(=N)/C(C)=N/NC(=O)C1C=CC(C(=O)OC)=CC1)c1ccc2c(c1)CCC2. The zero-order chi connectivity index (χ0) is 23.3. The van der Waals surface area contributed by atoms with Crippen LogP contribution in [0.2, 0.25) is 0 Å². The van der Waals surface area contributed by atoms with E-state index in [2.05, 4.69) is 26.6 Å². The predicted octanol–water partition coefficient (Wildman–Crippen LogP) is 2.81. The van der Waals surface area contributed by atoms with Gasteiger partial charge in [0.15, 0.2) is 5.76 Å². The summed E-state index contributed by atoms with van der Waals surface area (Å²) in [5, 5.41) is 26.0. The molecule has 0 saturated carbocycles. The summed E-state index contributed by atoms with van der Waals surface area (Å²) in [5.74, 6) is -1.56. The molecule has 0 heterocycles. The van der Waals surface area contributed by atoms with Gasteiger partial charge in [0.25, 0.3) is 0 Å². The third-order valence-electron chi connectivity index (χ3n) is 5.66. The summed E-state index contributed by atoms with van der Waals surface area (Å²) in [6.07, 6.45) is 8.34. The van der Waals surface area contributed by atoms with E-state index in [1.807, 2.05) is 12.1 Å². The molecule has 0 radical (unpaired) electrons. The lowest BCUT2D eigenvalue weighted by Gasteiger charge is -2.15. The molecule has 0 aliphatic heterocycles. The number of hydrogen-bond donors (Lipinski definition) is 4. The number of methoxy groups -OCH3 is 1. The third-order valence-corrected chi connectivity index (χ3v) is 5.66. The Morgan fingerprint density at radius 1 is 1.25 bits per heavy atom. The first-order chi connectivity index (χ1) is 15.3. The Hall–Kier alpha value is -3.68. The largest absolute Gasteiger partial charge is 0.504 e. The average Bonchev–Trinajstić information content (AvgIpc) is 3.29. The van der Waals surface area contributed by atoms with E-state index in [1.54, 1.807) is 32.2 Å². The number of esters is 1. The number of ether oxygens (including phenoxy) is 1. The monoisotopic (exact) mass is 436 g/mol. The van der Waals surface area contributed by atoms with E-state index < -0.39 is 11.9 Å². The maximum Gasteiger partial charge on any atom is 0.337 e. The van der Waals surface area contributed by atoms with Crippen LogP contribution in [-0.2, 0) is 27.2 Å². The first-order valence-electron chi connectivity index (χ1n) is 10.5. The maximum atomic E-state index is 12.4. The highest BCUT2D eigenvalue weighted by Crippen LogP contribution is 2.26. The second-order valence-corrected chi connectivity index (χ2v) is 7.71. The molecule has 168 valence electrons. The molecule has 1 aromatic carbocycles. The number of hydrogen-bond acceptors (Lipinski definition) is 7. The molecular formula is C24H28N4O4. The summed E-state index contributed by atoms with van der Waals surface area (Å²) in [7, 11) is 2.99. The van der Waals surface area contributed by atoms with Crippen LogP contribution in [0.25, 0.3) is 5.70 Å². The number of benzene rings is 1. The van der Waals surface area contributed by atoms with Crippen LogP contribution in [0.15, 0.2) is 52.9 Å². The van der Waals surface area contributed by atoms with Gasteiger partial charge < -0.3 is 15.2 Å². The molecule has 4 N–H and O–H groups in total. The van der Waals surface area contributed by atoms with Crippen LogP contribution < -0.4 is 10.7 Å². The summed E-state index contributed by atoms with van der Waals surface area (Å²) in [4.78, 5) is 23.9. The summed E-state index contributed by atoms with van der Waals surface area (Å²) in [6, 6.07) is 6.03. The highest BCUT2D eigenvalue weighted by Gasteiger charge is 2.21. The molecule has 0 saturated heterocycles. The van der Waals surface area contributed by atoms with Gasteiger partial charge in [-0.2, -0.15) is 5.10 Å². The van der Waals surface area contributed by atoms with Crippen LogP contribution in [0.1, 0.15) is 36.5 Å². The van der Waals surface area contributed by atoms with Crippen molar-refractivity contribution in [3.05, 3.63) is 64.4 Å². The Labute approximate surface area is 187 Å². The van der Waals surface area contributed by atoms with Gasteiger partial charge in [-0.1, -0.05) is 30.4 Å². The molecule has 1 aromatic rings. The van der Waals surface area contributed by atoms with Crippen LogP contribution in [-0.4, -0.2) is 42.6 Å². The maximum absolute atomic E-state index is 12.4. The van der Waals surface area contributed by atoms with Crippen molar-refractivity contribution < 1.29 is 19.4 Å². The Morgan fingerprint density at radius 2 is 2.00 bits per heavy atom. The van der Waals surface area contributed by atoms with E-state index >= 15 is 0 Å².